The highest BCUT2D eigenvalue weighted by Gasteiger charge is 2.27. The molecule has 0 aliphatic carbocycles. The fraction of sp³-hybridized carbons (Fsp3) is 0.500. The van der Waals surface area contributed by atoms with Crippen LogP contribution < -0.4 is 15.8 Å². The van der Waals surface area contributed by atoms with Crippen LogP contribution in [0.25, 0.3) is 0 Å². The molecule has 0 saturated heterocycles. The molecule has 3 N–H and O–H groups in total. The summed E-state index contributed by atoms with van der Waals surface area (Å²) in [6.45, 7) is 4.85. The van der Waals surface area contributed by atoms with Gasteiger partial charge >= 0.3 is 0 Å². The van der Waals surface area contributed by atoms with Crippen LogP contribution in [-0.2, 0) is 4.79 Å². The molecule has 0 aromatic heterocycles. The Morgan fingerprint density at radius 2 is 2.22 bits per heavy atom. The number of rotatable bonds is 3. The summed E-state index contributed by atoms with van der Waals surface area (Å²) in [5.41, 5.74) is 6.45. The number of nitrogens with two attached hydrogens (primary N) is 1. The molecule has 4 nitrogen and oxygen atoms in total. The summed E-state index contributed by atoms with van der Waals surface area (Å²) in [6, 6.07) is 7.71. The van der Waals surface area contributed by atoms with Gasteiger partial charge in [-0.15, -0.1) is 0 Å². The highest BCUT2D eigenvalue weighted by atomic mass is 16.5. The summed E-state index contributed by atoms with van der Waals surface area (Å²) >= 11 is 0. The van der Waals surface area contributed by atoms with Crippen molar-refractivity contribution < 1.29 is 9.53 Å². The standard InChI is InChI=1S/C14H20N2O2/c1-14(2,15)9-16-13(17)11-7-8-18-12-6-4-3-5-10(11)12/h3-6,11H,7-9,15H2,1-2H3,(H,16,17). The number of para-hydroxylation sites is 1. The highest BCUT2D eigenvalue weighted by Crippen LogP contribution is 2.33. The van der Waals surface area contributed by atoms with E-state index in [4.69, 9.17) is 10.5 Å². The van der Waals surface area contributed by atoms with E-state index >= 15 is 0 Å². The number of fused-ring (bicyclic) bond motifs is 1. The molecule has 1 aromatic rings. The van der Waals surface area contributed by atoms with Crippen LogP contribution in [0.4, 0.5) is 0 Å². The van der Waals surface area contributed by atoms with Crippen LogP contribution in [0.3, 0.4) is 0 Å². The van der Waals surface area contributed by atoms with Crippen molar-refractivity contribution in [1.29, 1.82) is 0 Å². The van der Waals surface area contributed by atoms with E-state index in [1.54, 1.807) is 0 Å². The second-order valence-electron chi connectivity index (χ2n) is 5.43. The second kappa shape index (κ2) is 4.98. The van der Waals surface area contributed by atoms with Gasteiger partial charge in [0.25, 0.3) is 0 Å². The van der Waals surface area contributed by atoms with E-state index in [0.29, 0.717) is 19.6 Å². The van der Waals surface area contributed by atoms with Crippen LogP contribution >= 0.6 is 0 Å². The SMILES string of the molecule is CC(C)(N)CNC(=O)C1CCOc2ccccc21. The van der Waals surface area contributed by atoms with Crippen LogP contribution in [-0.4, -0.2) is 24.6 Å². The van der Waals surface area contributed by atoms with Crippen molar-refractivity contribution in [2.45, 2.75) is 31.7 Å². The third-order valence-corrected chi connectivity index (χ3v) is 2.99. The monoisotopic (exact) mass is 248 g/mol. The van der Waals surface area contributed by atoms with E-state index in [1.165, 1.54) is 0 Å². The van der Waals surface area contributed by atoms with E-state index in [-0.39, 0.29) is 17.4 Å². The molecule has 98 valence electrons. The Labute approximate surface area is 108 Å². The van der Waals surface area contributed by atoms with Crippen LogP contribution in [0.1, 0.15) is 31.7 Å². The highest BCUT2D eigenvalue weighted by molar-refractivity contribution is 5.84. The molecule has 18 heavy (non-hydrogen) atoms. The van der Waals surface area contributed by atoms with Crippen molar-refractivity contribution in [3.8, 4) is 5.75 Å². The van der Waals surface area contributed by atoms with Crippen LogP contribution in [0.15, 0.2) is 24.3 Å². The molecule has 1 heterocycles. The molecule has 1 aromatic carbocycles. The summed E-state index contributed by atoms with van der Waals surface area (Å²) in [4.78, 5) is 12.2. The maximum Gasteiger partial charge on any atom is 0.227 e. The van der Waals surface area contributed by atoms with Crippen LogP contribution in [0.5, 0.6) is 5.75 Å². The molecule has 2 rings (SSSR count). The van der Waals surface area contributed by atoms with Crippen molar-refractivity contribution in [3.05, 3.63) is 29.8 Å². The second-order valence-corrected chi connectivity index (χ2v) is 5.43. The molecule has 0 saturated carbocycles. The first-order valence-corrected chi connectivity index (χ1v) is 6.26. The summed E-state index contributed by atoms with van der Waals surface area (Å²) in [5, 5.41) is 2.91. The number of carbonyl (C=O) groups excluding carboxylic acids is 1. The number of ether oxygens (including phenoxy) is 1. The molecular formula is C14H20N2O2. The van der Waals surface area contributed by atoms with E-state index < -0.39 is 0 Å². The van der Waals surface area contributed by atoms with Gasteiger partial charge in [-0.25, -0.2) is 0 Å². The predicted molar refractivity (Wildman–Crippen MR) is 70.6 cm³/mol. The molecule has 0 fully saturated rings. The smallest absolute Gasteiger partial charge is 0.227 e. The fourth-order valence-corrected chi connectivity index (χ4v) is 2.05. The van der Waals surface area contributed by atoms with Crippen LogP contribution in [0.2, 0.25) is 0 Å². The maximum absolute atomic E-state index is 12.2. The first-order chi connectivity index (χ1) is 8.47. The van der Waals surface area contributed by atoms with Crippen molar-refractivity contribution in [2.75, 3.05) is 13.2 Å². The average Bonchev–Trinajstić information content (AvgIpc) is 2.34. The van der Waals surface area contributed by atoms with Gasteiger partial charge in [0.05, 0.1) is 12.5 Å². The number of hydrogen-bond donors (Lipinski definition) is 2. The minimum Gasteiger partial charge on any atom is -0.493 e. The molecule has 1 unspecified atom stereocenters. The van der Waals surface area contributed by atoms with Gasteiger partial charge in [-0.2, -0.15) is 0 Å². The Kier molecular flexibility index (Phi) is 3.57. The lowest BCUT2D eigenvalue weighted by molar-refractivity contribution is -0.123. The third-order valence-electron chi connectivity index (χ3n) is 2.99. The summed E-state index contributed by atoms with van der Waals surface area (Å²) in [6.07, 6.45) is 0.716. The Bertz CT molecular complexity index is 438. The Hall–Kier alpha value is -1.55. The quantitative estimate of drug-likeness (QED) is 0.850. The molecule has 1 aliphatic rings. The zero-order chi connectivity index (χ0) is 13.2. The minimum atomic E-state index is -0.389. The van der Waals surface area contributed by atoms with Gasteiger partial charge in [0.1, 0.15) is 5.75 Å². The molecule has 0 radical (unpaired) electrons. The molecule has 1 atom stereocenters. The average molecular weight is 248 g/mol. The molecule has 0 bridgehead atoms. The van der Waals surface area contributed by atoms with Gasteiger partial charge in [0, 0.05) is 17.6 Å². The molecule has 0 spiro atoms. The van der Waals surface area contributed by atoms with E-state index in [1.807, 2.05) is 38.1 Å². The van der Waals surface area contributed by atoms with E-state index in [9.17, 15) is 4.79 Å². The third kappa shape index (κ3) is 3.01. The van der Waals surface area contributed by atoms with Crippen LogP contribution in [0, 0.1) is 0 Å². The Morgan fingerprint density at radius 1 is 1.50 bits per heavy atom. The van der Waals surface area contributed by atoms with Crippen molar-refractivity contribution >= 4 is 5.91 Å². The molecule has 1 amide bonds. The normalized spacial score (nSPS) is 18.7. The van der Waals surface area contributed by atoms with E-state index in [0.717, 1.165) is 11.3 Å². The first kappa shape index (κ1) is 12.9. The van der Waals surface area contributed by atoms with Gasteiger partial charge < -0.3 is 15.8 Å². The molecule has 4 heteroatoms. The van der Waals surface area contributed by atoms with Crippen molar-refractivity contribution in [3.63, 3.8) is 0 Å². The molecule has 1 aliphatic heterocycles. The lowest BCUT2D eigenvalue weighted by Crippen LogP contribution is -2.46. The topological polar surface area (TPSA) is 64.3 Å². The summed E-state index contributed by atoms with van der Waals surface area (Å²) < 4.78 is 5.54. The van der Waals surface area contributed by atoms with E-state index in [2.05, 4.69) is 5.32 Å². The number of hydrogen-bond acceptors (Lipinski definition) is 3. The number of carbonyl (C=O) groups is 1. The fourth-order valence-electron chi connectivity index (χ4n) is 2.05. The van der Waals surface area contributed by atoms with Crippen molar-refractivity contribution in [2.24, 2.45) is 5.73 Å². The minimum absolute atomic E-state index is 0.0317. The summed E-state index contributed by atoms with van der Waals surface area (Å²) in [7, 11) is 0. The first-order valence-electron chi connectivity index (χ1n) is 6.26. The lowest BCUT2D eigenvalue weighted by atomic mass is 9.92. The number of benzene rings is 1. The molecular weight excluding hydrogens is 228 g/mol. The van der Waals surface area contributed by atoms with Crippen molar-refractivity contribution in [1.82, 2.24) is 5.32 Å². The Morgan fingerprint density at radius 3 is 2.94 bits per heavy atom. The lowest BCUT2D eigenvalue weighted by Gasteiger charge is -2.26. The maximum atomic E-state index is 12.2. The summed E-state index contributed by atoms with van der Waals surface area (Å²) in [5.74, 6) is 0.720. The van der Waals surface area contributed by atoms with Gasteiger partial charge in [0.2, 0.25) is 5.91 Å². The zero-order valence-corrected chi connectivity index (χ0v) is 10.9. The number of nitrogens with one attached hydrogen (secondary N) is 1. The van der Waals surface area contributed by atoms with Gasteiger partial charge in [-0.1, -0.05) is 18.2 Å². The largest absolute Gasteiger partial charge is 0.493 e. The van der Waals surface area contributed by atoms with Gasteiger partial charge in [0.15, 0.2) is 0 Å². The zero-order valence-electron chi connectivity index (χ0n) is 10.9. The Balaban J connectivity index is 2.08. The van der Waals surface area contributed by atoms with Gasteiger partial charge in [-0.05, 0) is 26.3 Å². The number of amides is 1. The van der Waals surface area contributed by atoms with Gasteiger partial charge in [-0.3, -0.25) is 4.79 Å². The predicted octanol–water partition coefficient (Wildman–Crippen LogP) is 1.41.